The normalized spacial score (nSPS) is 18.1. The van der Waals surface area contributed by atoms with Crippen LogP contribution in [-0.4, -0.2) is 140 Å². The molecule has 0 aromatic carbocycles. The van der Waals surface area contributed by atoms with Crippen LogP contribution in [0.3, 0.4) is 0 Å². The van der Waals surface area contributed by atoms with Crippen LogP contribution in [0.25, 0.3) is 0 Å². The van der Waals surface area contributed by atoms with Gasteiger partial charge in [0.1, 0.15) is 36.6 Å². The smallest absolute Gasteiger partial charge is 0.547 e. The number of carboxylic acids is 2. The Bertz CT molecular complexity index is 308. The van der Waals surface area contributed by atoms with Crippen molar-refractivity contribution in [2.75, 3.05) is 13.2 Å². The molecule has 132 valence electrons. The molecule has 23 heavy (non-hydrogen) atoms. The van der Waals surface area contributed by atoms with Gasteiger partial charge in [-0.05, 0) is 0 Å². The van der Waals surface area contributed by atoms with Crippen LogP contribution >= 0.6 is 0 Å². The van der Waals surface area contributed by atoms with E-state index in [0.29, 0.717) is 0 Å². The molecule has 0 unspecified atom stereocenters. The van der Waals surface area contributed by atoms with E-state index in [1.54, 1.807) is 0 Å². The number of aliphatic hydroxyl groups is 8. The number of carboxylic acid groups (broad SMARTS) is 2. The van der Waals surface area contributed by atoms with Gasteiger partial charge in [0.05, 0.1) is 25.2 Å². The predicted octanol–water partition coefficient (Wildman–Crippen LogP) is -8.76. The van der Waals surface area contributed by atoms with Crippen molar-refractivity contribution in [3.8, 4) is 0 Å². The first-order valence-electron chi connectivity index (χ1n) is 5.73. The van der Waals surface area contributed by atoms with Crippen molar-refractivity contribution in [2.24, 2.45) is 0 Å². The summed E-state index contributed by atoms with van der Waals surface area (Å²) in [7, 11) is 0. The Labute approximate surface area is 159 Å². The van der Waals surface area contributed by atoms with Crippen molar-refractivity contribution in [2.45, 2.75) is 36.6 Å². The molecule has 0 aromatic heterocycles. The maximum absolute atomic E-state index is 9.85. The largest absolute Gasteiger partial charge is 2.00 e. The van der Waals surface area contributed by atoms with Crippen LogP contribution in [0.2, 0.25) is 0 Å². The number of aliphatic carboxylic acids is 2. The Balaban J connectivity index is -0.000000333. The number of carbonyl (C=O) groups excluding carboxylic acids is 2. The third-order valence-corrected chi connectivity index (χ3v) is 2.29. The molecule has 0 aromatic rings. The van der Waals surface area contributed by atoms with Gasteiger partial charge < -0.3 is 60.7 Å². The molecule has 0 fully saturated rings. The fourth-order valence-electron chi connectivity index (χ4n) is 0.916. The van der Waals surface area contributed by atoms with Crippen molar-refractivity contribution < 1.29 is 60.7 Å². The minimum atomic E-state index is -2.18. The van der Waals surface area contributed by atoms with Crippen molar-refractivity contribution in [3.05, 3.63) is 0 Å². The zero-order valence-electron chi connectivity index (χ0n) is 11.8. The summed E-state index contributed by atoms with van der Waals surface area (Å²) >= 11 is 0. The fraction of sp³-hybridized carbons (Fsp3) is 0.800. The third kappa shape index (κ3) is 11.1. The van der Waals surface area contributed by atoms with E-state index in [2.05, 4.69) is 0 Å². The molecular formula is C10H18CaO12. The number of rotatable bonds is 8. The molecule has 0 aliphatic heterocycles. The molecule has 0 amide bonds. The van der Waals surface area contributed by atoms with Gasteiger partial charge in [0, 0.05) is 0 Å². The summed E-state index contributed by atoms with van der Waals surface area (Å²) in [6, 6.07) is 0. The molecule has 6 atom stereocenters. The molecule has 0 saturated heterocycles. The van der Waals surface area contributed by atoms with Gasteiger partial charge in [0.2, 0.25) is 0 Å². The number of hydrogen-bond donors (Lipinski definition) is 8. The summed E-state index contributed by atoms with van der Waals surface area (Å²) in [5, 5.41) is 87.7. The Kier molecular flexibility index (Phi) is 17.2. The van der Waals surface area contributed by atoms with Crippen LogP contribution in [0.15, 0.2) is 0 Å². The summed E-state index contributed by atoms with van der Waals surface area (Å²) in [5.41, 5.74) is 0. The van der Waals surface area contributed by atoms with Crippen LogP contribution in [0.1, 0.15) is 0 Å². The summed E-state index contributed by atoms with van der Waals surface area (Å²) in [6.07, 6.45) is -11.6. The van der Waals surface area contributed by atoms with Crippen molar-refractivity contribution >= 4 is 49.7 Å². The Morgan fingerprint density at radius 3 is 1.04 bits per heavy atom. The standard InChI is InChI=1S/2C5H10O6.Ca/c2*6-1-2(7)3(8)4(9)5(10)11;/h2*2-4,6-9H,1H2,(H,10,11);/q;;+2/p-2/t2*2-,3+,4+;/m00./s1. The first-order chi connectivity index (χ1) is 10.0. The number of hydrogen-bond acceptors (Lipinski definition) is 12. The van der Waals surface area contributed by atoms with E-state index >= 15 is 0 Å². The molecule has 0 saturated carbocycles. The SMILES string of the molecule is O=C([O-])[C@H](O)[C@H](O)[C@@H](O)CO.O=C([O-])[C@H](O)[C@H](O)[C@@H](O)CO.[Ca+2]. The van der Waals surface area contributed by atoms with Crippen LogP contribution in [0.5, 0.6) is 0 Å². The minimum Gasteiger partial charge on any atom is -0.547 e. The maximum atomic E-state index is 9.85. The molecule has 0 rings (SSSR count). The average molecular weight is 370 g/mol. The first-order valence-corrected chi connectivity index (χ1v) is 5.73. The van der Waals surface area contributed by atoms with Gasteiger partial charge in [-0.1, -0.05) is 0 Å². The van der Waals surface area contributed by atoms with Gasteiger partial charge in [0.15, 0.2) is 0 Å². The second-order valence-electron chi connectivity index (χ2n) is 4.01. The zero-order valence-corrected chi connectivity index (χ0v) is 14.0. The van der Waals surface area contributed by atoms with E-state index < -0.39 is 61.8 Å². The Hall–Kier alpha value is -0.120. The van der Waals surface area contributed by atoms with E-state index in [9.17, 15) is 19.8 Å². The molecule has 0 heterocycles. The second kappa shape index (κ2) is 14.2. The number of carbonyl (C=O) groups is 2. The third-order valence-electron chi connectivity index (χ3n) is 2.29. The summed E-state index contributed by atoms with van der Waals surface area (Å²) in [4.78, 5) is 19.7. The van der Waals surface area contributed by atoms with Crippen molar-refractivity contribution in [1.82, 2.24) is 0 Å². The number of aliphatic hydroxyl groups excluding tert-OH is 8. The van der Waals surface area contributed by atoms with Crippen LogP contribution in [-0.2, 0) is 9.59 Å². The topological polar surface area (TPSA) is 242 Å². The van der Waals surface area contributed by atoms with Gasteiger partial charge >= 0.3 is 37.7 Å². The van der Waals surface area contributed by atoms with E-state index in [1.165, 1.54) is 0 Å². The van der Waals surface area contributed by atoms with Crippen LogP contribution in [0.4, 0.5) is 0 Å². The van der Waals surface area contributed by atoms with E-state index in [-0.39, 0.29) is 37.7 Å². The minimum absolute atomic E-state index is 0. The van der Waals surface area contributed by atoms with Crippen molar-refractivity contribution in [3.63, 3.8) is 0 Å². The molecule has 0 aliphatic rings. The van der Waals surface area contributed by atoms with Gasteiger partial charge in [-0.25, -0.2) is 0 Å². The molecule has 8 N–H and O–H groups in total. The molecular weight excluding hydrogens is 352 g/mol. The van der Waals surface area contributed by atoms with Crippen LogP contribution in [0, 0.1) is 0 Å². The molecule has 0 aliphatic carbocycles. The molecule has 0 radical (unpaired) electrons. The quantitative estimate of drug-likeness (QED) is 0.186. The summed E-state index contributed by atoms with van der Waals surface area (Å²) in [6.45, 7) is -1.66. The zero-order chi connectivity index (χ0) is 18.0. The average Bonchev–Trinajstić information content (AvgIpc) is 2.50. The van der Waals surface area contributed by atoms with Gasteiger partial charge in [0.25, 0.3) is 0 Å². The molecule has 12 nitrogen and oxygen atoms in total. The second-order valence-corrected chi connectivity index (χ2v) is 4.01. The Morgan fingerprint density at radius 1 is 0.696 bits per heavy atom. The summed E-state index contributed by atoms with van der Waals surface area (Å²) < 4.78 is 0. The van der Waals surface area contributed by atoms with Gasteiger partial charge in [-0.15, -0.1) is 0 Å². The summed E-state index contributed by atoms with van der Waals surface area (Å²) in [5.74, 6) is -3.80. The maximum Gasteiger partial charge on any atom is 2.00 e. The monoisotopic (exact) mass is 370 g/mol. The first kappa shape index (κ1) is 27.7. The molecule has 0 bridgehead atoms. The fourth-order valence-corrected chi connectivity index (χ4v) is 0.916. The molecule has 0 spiro atoms. The van der Waals surface area contributed by atoms with Gasteiger partial charge in [-0.2, -0.15) is 0 Å². The van der Waals surface area contributed by atoms with E-state index in [1.807, 2.05) is 0 Å². The predicted molar refractivity (Wildman–Crippen MR) is 66.0 cm³/mol. The van der Waals surface area contributed by atoms with Crippen LogP contribution < -0.4 is 10.2 Å². The molecule has 13 heteroatoms. The van der Waals surface area contributed by atoms with Gasteiger partial charge in [-0.3, -0.25) is 0 Å². The van der Waals surface area contributed by atoms with E-state index in [4.69, 9.17) is 40.9 Å². The van der Waals surface area contributed by atoms with E-state index in [0.717, 1.165) is 0 Å². The Morgan fingerprint density at radius 2 is 0.913 bits per heavy atom. The van der Waals surface area contributed by atoms with Crippen molar-refractivity contribution in [1.29, 1.82) is 0 Å².